The van der Waals surface area contributed by atoms with Crippen molar-refractivity contribution < 1.29 is 9.53 Å². The lowest BCUT2D eigenvalue weighted by molar-refractivity contribution is -0.140. The second-order valence-corrected chi connectivity index (χ2v) is 5.92. The fourth-order valence-electron chi connectivity index (χ4n) is 2.82. The Balaban J connectivity index is 1.66. The Hall–Kier alpha value is -0.870. The molecular weight excluding hydrogens is 306 g/mol. The third kappa shape index (κ3) is 2.70. The predicted octanol–water partition coefficient (Wildman–Crippen LogP) is 2.41. The number of benzene rings is 1. The van der Waals surface area contributed by atoms with Gasteiger partial charge in [0.1, 0.15) is 0 Å². The maximum absolute atomic E-state index is 12.6. The van der Waals surface area contributed by atoms with Crippen molar-refractivity contribution in [2.75, 3.05) is 25.1 Å². The van der Waals surface area contributed by atoms with Gasteiger partial charge in [0.05, 0.1) is 19.3 Å². The smallest absolute Gasteiger partial charge is 0.226 e. The molecule has 3 atom stereocenters. The number of carbonyl (C=O) groups excluding carboxylic acids is 1. The number of ether oxygens (including phenoxy) is 1. The van der Waals surface area contributed by atoms with E-state index in [1.54, 1.807) is 0 Å². The number of halogens is 1. The van der Waals surface area contributed by atoms with Crippen LogP contribution in [-0.4, -0.2) is 41.9 Å². The van der Waals surface area contributed by atoms with E-state index in [0.29, 0.717) is 25.0 Å². The van der Waals surface area contributed by atoms with E-state index in [0.717, 1.165) is 18.3 Å². The van der Waals surface area contributed by atoms with Gasteiger partial charge < -0.3 is 9.64 Å². The zero-order valence-corrected chi connectivity index (χ0v) is 12.4. The van der Waals surface area contributed by atoms with Crippen LogP contribution in [0.4, 0.5) is 0 Å². The molecule has 1 aliphatic carbocycles. The van der Waals surface area contributed by atoms with Crippen molar-refractivity contribution in [1.82, 2.24) is 4.90 Å². The molecule has 1 saturated carbocycles. The number of rotatable bonds is 3. The minimum absolute atomic E-state index is 0.182. The van der Waals surface area contributed by atoms with Gasteiger partial charge in [-0.05, 0) is 17.9 Å². The standard InChI is InChI=1S/C15H18BrNO2/c16-9-12-10-19-7-6-17(12)15(18)14-8-13(14)11-4-2-1-3-5-11/h1-5,12-14H,6-10H2. The molecule has 1 amide bonds. The zero-order valence-electron chi connectivity index (χ0n) is 10.8. The van der Waals surface area contributed by atoms with E-state index in [1.807, 2.05) is 23.1 Å². The van der Waals surface area contributed by atoms with Crippen molar-refractivity contribution in [1.29, 1.82) is 0 Å². The molecule has 19 heavy (non-hydrogen) atoms. The summed E-state index contributed by atoms with van der Waals surface area (Å²) in [5.41, 5.74) is 1.30. The minimum atomic E-state index is 0.182. The summed E-state index contributed by atoms with van der Waals surface area (Å²) >= 11 is 3.48. The molecule has 0 radical (unpaired) electrons. The second-order valence-electron chi connectivity index (χ2n) is 5.27. The molecule has 0 bridgehead atoms. The average Bonchev–Trinajstić information content (AvgIpc) is 3.28. The fraction of sp³-hybridized carbons (Fsp3) is 0.533. The number of nitrogens with zero attached hydrogens (tertiary/aromatic N) is 1. The van der Waals surface area contributed by atoms with Gasteiger partial charge in [-0.1, -0.05) is 46.3 Å². The number of hydrogen-bond acceptors (Lipinski definition) is 2. The molecule has 1 aliphatic heterocycles. The maximum Gasteiger partial charge on any atom is 0.226 e. The lowest BCUT2D eigenvalue weighted by Gasteiger charge is -2.34. The van der Waals surface area contributed by atoms with Crippen LogP contribution in [0.25, 0.3) is 0 Å². The fourth-order valence-corrected chi connectivity index (χ4v) is 3.36. The third-order valence-electron chi connectivity index (χ3n) is 4.02. The molecule has 4 heteroatoms. The van der Waals surface area contributed by atoms with Crippen molar-refractivity contribution in [2.24, 2.45) is 5.92 Å². The van der Waals surface area contributed by atoms with Crippen LogP contribution in [-0.2, 0) is 9.53 Å². The average molecular weight is 324 g/mol. The molecule has 0 aromatic heterocycles. The first-order valence-corrected chi connectivity index (χ1v) is 7.92. The number of amides is 1. The van der Waals surface area contributed by atoms with Gasteiger partial charge in [0.25, 0.3) is 0 Å². The van der Waals surface area contributed by atoms with Gasteiger partial charge in [0.2, 0.25) is 5.91 Å². The molecule has 1 aromatic carbocycles. The van der Waals surface area contributed by atoms with Gasteiger partial charge in [-0.25, -0.2) is 0 Å². The molecule has 1 aromatic rings. The topological polar surface area (TPSA) is 29.5 Å². The minimum Gasteiger partial charge on any atom is -0.377 e. The molecule has 3 rings (SSSR count). The summed E-state index contributed by atoms with van der Waals surface area (Å²) in [6.45, 7) is 2.05. The van der Waals surface area contributed by atoms with Crippen molar-refractivity contribution in [3.05, 3.63) is 35.9 Å². The number of hydrogen-bond donors (Lipinski definition) is 0. The van der Waals surface area contributed by atoms with Crippen molar-refractivity contribution in [3.63, 3.8) is 0 Å². The number of morpholine rings is 1. The van der Waals surface area contributed by atoms with E-state index in [-0.39, 0.29) is 12.0 Å². The summed E-state index contributed by atoms with van der Waals surface area (Å²) < 4.78 is 5.44. The van der Waals surface area contributed by atoms with Crippen LogP contribution < -0.4 is 0 Å². The van der Waals surface area contributed by atoms with Crippen LogP contribution in [0, 0.1) is 5.92 Å². The van der Waals surface area contributed by atoms with Gasteiger partial charge >= 0.3 is 0 Å². The quantitative estimate of drug-likeness (QED) is 0.799. The zero-order chi connectivity index (χ0) is 13.2. The van der Waals surface area contributed by atoms with E-state index in [4.69, 9.17) is 4.74 Å². The van der Waals surface area contributed by atoms with E-state index >= 15 is 0 Å². The monoisotopic (exact) mass is 323 g/mol. The lowest BCUT2D eigenvalue weighted by atomic mass is 10.1. The van der Waals surface area contributed by atoms with Crippen LogP contribution in [0.5, 0.6) is 0 Å². The van der Waals surface area contributed by atoms with E-state index in [2.05, 4.69) is 28.1 Å². The molecule has 1 heterocycles. The van der Waals surface area contributed by atoms with Gasteiger partial charge in [-0.2, -0.15) is 0 Å². The summed E-state index contributed by atoms with van der Waals surface area (Å²) in [5, 5.41) is 0.793. The molecule has 2 aliphatic rings. The molecule has 0 N–H and O–H groups in total. The third-order valence-corrected chi connectivity index (χ3v) is 4.77. The second kappa shape index (κ2) is 5.63. The van der Waals surface area contributed by atoms with Gasteiger partial charge in [-0.3, -0.25) is 4.79 Å². The molecule has 3 nitrogen and oxygen atoms in total. The lowest BCUT2D eigenvalue weighted by Crippen LogP contribution is -2.50. The summed E-state index contributed by atoms with van der Waals surface area (Å²) in [6, 6.07) is 10.6. The van der Waals surface area contributed by atoms with Crippen molar-refractivity contribution >= 4 is 21.8 Å². The Labute approximate surface area is 122 Å². The molecule has 0 spiro atoms. The normalized spacial score (nSPS) is 30.2. The highest BCUT2D eigenvalue weighted by atomic mass is 79.9. The van der Waals surface area contributed by atoms with E-state index in [9.17, 15) is 4.79 Å². The Morgan fingerprint density at radius 1 is 1.37 bits per heavy atom. The van der Waals surface area contributed by atoms with Crippen LogP contribution in [0.15, 0.2) is 30.3 Å². The highest BCUT2D eigenvalue weighted by Gasteiger charge is 2.47. The molecule has 2 fully saturated rings. The van der Waals surface area contributed by atoms with Crippen LogP contribution in [0.1, 0.15) is 17.9 Å². The summed E-state index contributed by atoms with van der Waals surface area (Å²) in [5.74, 6) is 0.913. The largest absolute Gasteiger partial charge is 0.377 e. The molecular formula is C15H18BrNO2. The number of alkyl halides is 1. The van der Waals surface area contributed by atoms with Gasteiger partial charge in [0.15, 0.2) is 0 Å². The molecule has 102 valence electrons. The maximum atomic E-state index is 12.6. The van der Waals surface area contributed by atoms with Gasteiger partial charge in [0, 0.05) is 17.8 Å². The summed E-state index contributed by atoms with van der Waals surface area (Å²) in [7, 11) is 0. The first kappa shape index (κ1) is 13.1. The Kier molecular flexibility index (Phi) is 3.89. The van der Waals surface area contributed by atoms with Crippen LogP contribution in [0.3, 0.4) is 0 Å². The number of carbonyl (C=O) groups is 1. The summed E-state index contributed by atoms with van der Waals surface area (Å²) in [6.07, 6.45) is 0.995. The molecule has 1 saturated heterocycles. The first-order chi connectivity index (χ1) is 9.31. The highest BCUT2D eigenvalue weighted by Crippen LogP contribution is 2.48. The van der Waals surface area contributed by atoms with E-state index in [1.165, 1.54) is 5.56 Å². The molecule has 3 unspecified atom stereocenters. The van der Waals surface area contributed by atoms with Gasteiger partial charge in [-0.15, -0.1) is 0 Å². The van der Waals surface area contributed by atoms with Crippen molar-refractivity contribution in [2.45, 2.75) is 18.4 Å². The Bertz CT molecular complexity index is 451. The van der Waals surface area contributed by atoms with Crippen LogP contribution in [0.2, 0.25) is 0 Å². The predicted molar refractivity (Wildman–Crippen MR) is 77.4 cm³/mol. The van der Waals surface area contributed by atoms with Crippen molar-refractivity contribution in [3.8, 4) is 0 Å². The first-order valence-electron chi connectivity index (χ1n) is 6.80. The van der Waals surface area contributed by atoms with E-state index < -0.39 is 0 Å². The van der Waals surface area contributed by atoms with Crippen LogP contribution >= 0.6 is 15.9 Å². The highest BCUT2D eigenvalue weighted by molar-refractivity contribution is 9.09. The SMILES string of the molecule is O=C(C1CC1c1ccccc1)N1CCOCC1CBr. The Morgan fingerprint density at radius 2 is 2.16 bits per heavy atom. The summed E-state index contributed by atoms with van der Waals surface area (Å²) in [4.78, 5) is 14.6. The Morgan fingerprint density at radius 3 is 2.89 bits per heavy atom.